The molecule has 106 valence electrons. The van der Waals surface area contributed by atoms with Gasteiger partial charge in [-0.05, 0) is 46.7 Å². The molecule has 0 aliphatic rings. The van der Waals surface area contributed by atoms with Gasteiger partial charge in [-0.25, -0.2) is 8.42 Å². The van der Waals surface area contributed by atoms with Crippen LogP contribution in [0.1, 0.15) is 5.56 Å². The van der Waals surface area contributed by atoms with Gasteiger partial charge in [0.2, 0.25) is 0 Å². The Morgan fingerprint density at radius 3 is 2.40 bits per heavy atom. The highest BCUT2D eigenvalue weighted by molar-refractivity contribution is 9.10. The van der Waals surface area contributed by atoms with Gasteiger partial charge in [-0.2, -0.15) is 0 Å². The van der Waals surface area contributed by atoms with E-state index in [2.05, 4.69) is 26.0 Å². The first-order chi connectivity index (χ1) is 9.54. The van der Waals surface area contributed by atoms with Crippen molar-refractivity contribution in [1.82, 2.24) is 5.32 Å². The summed E-state index contributed by atoms with van der Waals surface area (Å²) in [5.41, 5.74) is 1.48. The number of para-hydroxylation sites is 1. The molecule has 0 spiro atoms. The lowest BCUT2D eigenvalue weighted by atomic mass is 10.2. The van der Waals surface area contributed by atoms with E-state index in [-0.39, 0.29) is 4.90 Å². The maximum Gasteiger partial charge on any atom is 0.263 e. The van der Waals surface area contributed by atoms with Crippen molar-refractivity contribution in [3.63, 3.8) is 0 Å². The van der Waals surface area contributed by atoms with E-state index in [1.165, 1.54) is 0 Å². The molecule has 0 bridgehead atoms. The summed E-state index contributed by atoms with van der Waals surface area (Å²) in [4.78, 5) is 0.222. The summed E-state index contributed by atoms with van der Waals surface area (Å²) in [7, 11) is -1.79. The van der Waals surface area contributed by atoms with Crippen molar-refractivity contribution in [3.8, 4) is 0 Å². The van der Waals surface area contributed by atoms with E-state index < -0.39 is 10.0 Å². The van der Waals surface area contributed by atoms with Gasteiger partial charge in [0.25, 0.3) is 10.0 Å². The van der Waals surface area contributed by atoms with Crippen LogP contribution in [-0.4, -0.2) is 15.5 Å². The zero-order valence-corrected chi connectivity index (χ0v) is 13.3. The maximum atomic E-state index is 12.4. The second-order valence-electron chi connectivity index (χ2n) is 4.22. The largest absolute Gasteiger partial charge is 0.316 e. The fraction of sp³-hybridized carbons (Fsp3) is 0.143. The normalized spacial score (nSPS) is 11.3. The molecule has 4 nitrogen and oxygen atoms in total. The molecule has 0 amide bonds. The van der Waals surface area contributed by atoms with Gasteiger partial charge in [-0.1, -0.05) is 30.3 Å². The smallest absolute Gasteiger partial charge is 0.263 e. The zero-order valence-electron chi connectivity index (χ0n) is 10.9. The molecule has 0 aliphatic heterocycles. The predicted octanol–water partition coefficient (Wildman–Crippen LogP) is 2.97. The molecular weight excluding hydrogens is 340 g/mol. The quantitative estimate of drug-likeness (QED) is 0.867. The third-order valence-electron chi connectivity index (χ3n) is 2.76. The number of halogens is 1. The van der Waals surface area contributed by atoms with Crippen LogP contribution in [0.3, 0.4) is 0 Å². The minimum Gasteiger partial charge on any atom is -0.316 e. The molecule has 0 heterocycles. The Morgan fingerprint density at radius 1 is 1.05 bits per heavy atom. The summed E-state index contributed by atoms with van der Waals surface area (Å²) in [5, 5.41) is 3.02. The van der Waals surface area contributed by atoms with E-state index in [1.54, 1.807) is 36.4 Å². The first-order valence-electron chi connectivity index (χ1n) is 6.04. The van der Waals surface area contributed by atoms with Crippen LogP contribution in [0.4, 0.5) is 5.69 Å². The first-order valence-corrected chi connectivity index (χ1v) is 8.32. The van der Waals surface area contributed by atoms with Crippen LogP contribution in [-0.2, 0) is 16.6 Å². The summed E-state index contributed by atoms with van der Waals surface area (Å²) in [5.74, 6) is 0. The topological polar surface area (TPSA) is 58.2 Å². The molecule has 20 heavy (non-hydrogen) atoms. The molecule has 2 aromatic rings. The van der Waals surface area contributed by atoms with E-state index in [4.69, 9.17) is 0 Å². The molecule has 0 unspecified atom stereocenters. The van der Waals surface area contributed by atoms with E-state index in [1.807, 2.05) is 19.2 Å². The minimum atomic E-state index is -3.61. The average molecular weight is 355 g/mol. The lowest BCUT2D eigenvalue weighted by Crippen LogP contribution is -2.16. The fourth-order valence-corrected chi connectivity index (χ4v) is 3.93. The molecule has 0 fully saturated rings. The number of sulfonamides is 1. The minimum absolute atomic E-state index is 0.222. The van der Waals surface area contributed by atoms with Crippen molar-refractivity contribution in [3.05, 3.63) is 58.6 Å². The maximum absolute atomic E-state index is 12.4. The number of nitrogens with one attached hydrogen (secondary N) is 2. The van der Waals surface area contributed by atoms with Crippen molar-refractivity contribution in [1.29, 1.82) is 0 Å². The molecule has 0 atom stereocenters. The van der Waals surface area contributed by atoms with Gasteiger partial charge in [0.15, 0.2) is 0 Å². The number of rotatable bonds is 5. The van der Waals surface area contributed by atoms with Crippen molar-refractivity contribution in [2.45, 2.75) is 11.4 Å². The first kappa shape index (κ1) is 15.0. The zero-order chi connectivity index (χ0) is 14.6. The highest BCUT2D eigenvalue weighted by Crippen LogP contribution is 2.25. The Bertz CT molecular complexity index is 702. The molecule has 2 rings (SSSR count). The molecule has 0 aromatic heterocycles. The summed E-state index contributed by atoms with van der Waals surface area (Å²) < 4.78 is 28.0. The Morgan fingerprint density at radius 2 is 1.70 bits per heavy atom. The van der Waals surface area contributed by atoms with E-state index in [0.29, 0.717) is 16.7 Å². The number of hydrogen-bond donors (Lipinski definition) is 2. The van der Waals surface area contributed by atoms with Gasteiger partial charge in [-0.15, -0.1) is 0 Å². The monoisotopic (exact) mass is 354 g/mol. The molecule has 0 radical (unpaired) electrons. The average Bonchev–Trinajstić information content (AvgIpc) is 2.41. The van der Waals surface area contributed by atoms with Crippen LogP contribution in [0.15, 0.2) is 57.9 Å². The van der Waals surface area contributed by atoms with Crippen molar-refractivity contribution < 1.29 is 8.42 Å². The van der Waals surface area contributed by atoms with E-state index in [9.17, 15) is 8.42 Å². The van der Waals surface area contributed by atoms with Gasteiger partial charge in [0, 0.05) is 11.0 Å². The molecule has 2 aromatic carbocycles. The molecule has 2 N–H and O–H groups in total. The number of hydrogen-bond acceptors (Lipinski definition) is 3. The highest BCUT2D eigenvalue weighted by atomic mass is 79.9. The van der Waals surface area contributed by atoms with Gasteiger partial charge < -0.3 is 5.32 Å². The van der Waals surface area contributed by atoms with Crippen molar-refractivity contribution in [2.24, 2.45) is 0 Å². The van der Waals surface area contributed by atoms with Crippen molar-refractivity contribution in [2.75, 3.05) is 11.8 Å². The summed E-state index contributed by atoms with van der Waals surface area (Å²) in [6, 6.07) is 14.0. The number of benzene rings is 2. The van der Waals surface area contributed by atoms with Crippen LogP contribution >= 0.6 is 15.9 Å². The van der Waals surface area contributed by atoms with Crippen LogP contribution in [0, 0.1) is 0 Å². The van der Waals surface area contributed by atoms with Gasteiger partial charge in [-0.3, -0.25) is 4.72 Å². The molecule has 0 aliphatic carbocycles. The second kappa shape index (κ2) is 6.39. The highest BCUT2D eigenvalue weighted by Gasteiger charge is 2.18. The van der Waals surface area contributed by atoms with Gasteiger partial charge in [0.1, 0.15) is 4.90 Å². The summed E-state index contributed by atoms with van der Waals surface area (Å²) in [6.45, 7) is 0.592. The third-order valence-corrected chi connectivity index (χ3v) is 5.13. The van der Waals surface area contributed by atoms with Crippen molar-refractivity contribution >= 4 is 31.6 Å². The Kier molecular flexibility index (Phi) is 4.80. The SMILES string of the molecule is CNCc1ccccc1NS(=O)(=O)c1ccccc1Br. The van der Waals surface area contributed by atoms with E-state index >= 15 is 0 Å². The van der Waals surface area contributed by atoms with E-state index in [0.717, 1.165) is 5.56 Å². The Labute approximate surface area is 127 Å². The molecule has 0 saturated heterocycles. The third kappa shape index (κ3) is 3.39. The van der Waals surface area contributed by atoms with Crippen LogP contribution in [0.2, 0.25) is 0 Å². The predicted molar refractivity (Wildman–Crippen MR) is 84.2 cm³/mol. The Hall–Kier alpha value is -1.37. The number of anilines is 1. The molecule has 0 saturated carbocycles. The molecule has 6 heteroatoms. The van der Waals surface area contributed by atoms with Gasteiger partial charge >= 0.3 is 0 Å². The lowest BCUT2D eigenvalue weighted by Gasteiger charge is -2.13. The standard InChI is InChI=1S/C14H15BrN2O2S/c1-16-10-11-6-2-4-8-13(11)17-20(18,19)14-9-5-3-7-12(14)15/h2-9,16-17H,10H2,1H3. The van der Waals surface area contributed by atoms with Gasteiger partial charge in [0.05, 0.1) is 5.69 Å². The summed E-state index contributed by atoms with van der Waals surface area (Å²) >= 11 is 3.26. The van der Waals surface area contributed by atoms with Crippen LogP contribution < -0.4 is 10.0 Å². The van der Waals surface area contributed by atoms with Crippen LogP contribution in [0.25, 0.3) is 0 Å². The fourth-order valence-electron chi connectivity index (χ4n) is 1.83. The van der Waals surface area contributed by atoms with Crippen LogP contribution in [0.5, 0.6) is 0 Å². The molecular formula is C14H15BrN2O2S. The Balaban J connectivity index is 2.37. The lowest BCUT2D eigenvalue weighted by molar-refractivity contribution is 0.600. The second-order valence-corrected chi connectivity index (χ2v) is 6.73. The summed E-state index contributed by atoms with van der Waals surface area (Å²) in [6.07, 6.45) is 0.